The molecular weight excluding hydrogens is 392 g/mol. The summed E-state index contributed by atoms with van der Waals surface area (Å²) in [6.07, 6.45) is 2.46. The van der Waals surface area contributed by atoms with Gasteiger partial charge in [0, 0.05) is 24.8 Å². The molecule has 1 fully saturated rings. The highest BCUT2D eigenvalue weighted by Crippen LogP contribution is 2.35. The van der Waals surface area contributed by atoms with Gasteiger partial charge in [0.05, 0.1) is 16.8 Å². The van der Waals surface area contributed by atoms with Crippen LogP contribution in [0, 0.1) is 5.92 Å². The van der Waals surface area contributed by atoms with E-state index in [9.17, 15) is 14.4 Å². The molecule has 2 aliphatic rings. The topological polar surface area (TPSA) is 78.4 Å². The first-order valence-corrected chi connectivity index (χ1v) is 11.1. The number of likely N-dealkylation sites (tertiary alicyclic amines) is 1. The maximum absolute atomic E-state index is 13.5. The molecule has 2 aromatic rings. The van der Waals surface area contributed by atoms with Crippen molar-refractivity contribution in [3.8, 4) is 5.69 Å². The largest absolute Gasteiger partial charge is 0.366 e. The smallest absolute Gasteiger partial charge is 0.279 e. The maximum Gasteiger partial charge on any atom is 0.279 e. The number of carbonyl (C=O) groups excluding carboxylic acids is 2. The van der Waals surface area contributed by atoms with E-state index in [1.165, 1.54) is 9.58 Å². The molecule has 164 valence electrons. The van der Waals surface area contributed by atoms with Gasteiger partial charge in [0.1, 0.15) is 5.70 Å². The van der Waals surface area contributed by atoms with Crippen LogP contribution in [0.4, 0.5) is 0 Å². The second-order valence-corrected chi connectivity index (χ2v) is 8.76. The van der Waals surface area contributed by atoms with Crippen molar-refractivity contribution in [2.75, 3.05) is 13.1 Å². The molecule has 0 aliphatic carbocycles. The first-order chi connectivity index (χ1) is 14.8. The molecule has 7 heteroatoms. The van der Waals surface area contributed by atoms with Crippen molar-refractivity contribution in [1.82, 2.24) is 19.6 Å². The fraction of sp³-hybridized carbons (Fsp3) is 0.458. The molecule has 2 aliphatic heterocycles. The first kappa shape index (κ1) is 21.2. The van der Waals surface area contributed by atoms with E-state index >= 15 is 0 Å². The Kier molecular flexibility index (Phi) is 5.60. The molecule has 1 saturated heterocycles. The molecule has 0 spiro atoms. The van der Waals surface area contributed by atoms with Crippen LogP contribution in [0.3, 0.4) is 0 Å². The lowest BCUT2D eigenvalue weighted by Crippen LogP contribution is -2.41. The number of benzene rings is 1. The lowest BCUT2D eigenvalue weighted by atomic mass is 9.97. The Morgan fingerprint density at radius 2 is 1.68 bits per heavy atom. The Morgan fingerprint density at radius 1 is 1.03 bits per heavy atom. The van der Waals surface area contributed by atoms with E-state index in [0.29, 0.717) is 48.1 Å². The second-order valence-electron chi connectivity index (χ2n) is 8.76. The highest BCUT2D eigenvalue weighted by molar-refractivity contribution is 6.35. The number of piperidine rings is 1. The number of aryl methyl sites for hydroxylation is 1. The number of nitrogens with zero attached hydrogens (tertiary/aromatic N) is 3. The van der Waals surface area contributed by atoms with Gasteiger partial charge in [-0.05, 0) is 51.2 Å². The minimum atomic E-state index is -0.375. The van der Waals surface area contributed by atoms with Crippen molar-refractivity contribution in [3.63, 3.8) is 0 Å². The number of carbonyl (C=O) groups is 2. The van der Waals surface area contributed by atoms with Gasteiger partial charge in [0.25, 0.3) is 17.4 Å². The zero-order chi connectivity index (χ0) is 22.3. The van der Waals surface area contributed by atoms with Crippen LogP contribution in [0.2, 0.25) is 0 Å². The van der Waals surface area contributed by atoms with Crippen LogP contribution < -0.4 is 5.56 Å². The molecule has 0 atom stereocenters. The number of para-hydroxylation sites is 1. The van der Waals surface area contributed by atoms with Gasteiger partial charge in [0.2, 0.25) is 0 Å². The van der Waals surface area contributed by atoms with E-state index in [-0.39, 0.29) is 29.0 Å². The monoisotopic (exact) mass is 422 g/mol. The number of hydrogen-bond acceptors (Lipinski definition) is 4. The fourth-order valence-electron chi connectivity index (χ4n) is 4.51. The van der Waals surface area contributed by atoms with Crippen LogP contribution in [0.25, 0.3) is 11.3 Å². The Hall–Kier alpha value is -3.09. The van der Waals surface area contributed by atoms with Crippen LogP contribution in [0.5, 0.6) is 0 Å². The molecular formula is C24H30N4O3. The number of hydrogen-bond donors (Lipinski definition) is 1. The zero-order valence-corrected chi connectivity index (χ0v) is 18.6. The minimum absolute atomic E-state index is 0.251. The van der Waals surface area contributed by atoms with E-state index in [2.05, 4.69) is 12.0 Å². The van der Waals surface area contributed by atoms with Gasteiger partial charge in [-0.25, -0.2) is 4.68 Å². The maximum atomic E-state index is 13.5. The van der Waals surface area contributed by atoms with Gasteiger partial charge in [-0.3, -0.25) is 24.4 Å². The summed E-state index contributed by atoms with van der Waals surface area (Å²) in [5.74, 6) is -0.0828. The van der Waals surface area contributed by atoms with Crippen LogP contribution >= 0.6 is 0 Å². The summed E-state index contributed by atoms with van der Waals surface area (Å²) in [7, 11) is 0. The molecule has 4 rings (SSSR count). The third-order valence-corrected chi connectivity index (χ3v) is 6.29. The predicted molar refractivity (Wildman–Crippen MR) is 120 cm³/mol. The van der Waals surface area contributed by atoms with Crippen molar-refractivity contribution in [3.05, 3.63) is 57.6 Å². The molecule has 0 unspecified atom stereocenters. The minimum Gasteiger partial charge on any atom is -0.366 e. The van der Waals surface area contributed by atoms with Gasteiger partial charge in [-0.15, -0.1) is 0 Å². The summed E-state index contributed by atoms with van der Waals surface area (Å²) in [5.41, 5.74) is 2.02. The number of nitrogens with one attached hydrogen (secondary N) is 1. The van der Waals surface area contributed by atoms with Gasteiger partial charge in [-0.1, -0.05) is 32.0 Å². The number of amides is 2. The van der Waals surface area contributed by atoms with Gasteiger partial charge >= 0.3 is 0 Å². The standard InChI is InChI=1S/C24H30N4O3/c1-5-18-19(23(30)28(25-18)17-9-7-6-8-10-17)20-21(26-13-11-16(4)12-14-26)24(31)27(15(2)3)22(20)29/h6-10,15-16,25H,5,11-14H2,1-4H3. The average molecular weight is 423 g/mol. The van der Waals surface area contributed by atoms with Crippen molar-refractivity contribution in [2.45, 2.75) is 53.0 Å². The lowest BCUT2D eigenvalue weighted by Gasteiger charge is -2.33. The third kappa shape index (κ3) is 3.52. The fourth-order valence-corrected chi connectivity index (χ4v) is 4.51. The molecule has 0 bridgehead atoms. The summed E-state index contributed by atoms with van der Waals surface area (Å²) in [4.78, 5) is 43.7. The quantitative estimate of drug-likeness (QED) is 0.752. The van der Waals surface area contributed by atoms with Crippen LogP contribution in [0.15, 0.2) is 40.8 Å². The number of imide groups is 1. The number of aromatic amines is 1. The molecule has 1 aromatic heterocycles. The van der Waals surface area contributed by atoms with Crippen LogP contribution in [-0.2, 0) is 16.0 Å². The van der Waals surface area contributed by atoms with E-state index < -0.39 is 0 Å². The molecule has 1 aromatic carbocycles. The van der Waals surface area contributed by atoms with E-state index in [4.69, 9.17) is 0 Å². The first-order valence-electron chi connectivity index (χ1n) is 11.1. The summed E-state index contributed by atoms with van der Waals surface area (Å²) < 4.78 is 1.47. The van der Waals surface area contributed by atoms with E-state index in [0.717, 1.165) is 12.8 Å². The molecule has 3 heterocycles. The summed E-state index contributed by atoms with van der Waals surface area (Å²) in [6, 6.07) is 9.00. The molecule has 0 saturated carbocycles. The van der Waals surface area contributed by atoms with E-state index in [1.54, 1.807) is 0 Å². The summed E-state index contributed by atoms with van der Waals surface area (Å²) in [5, 5.41) is 3.17. The average Bonchev–Trinajstić information content (AvgIpc) is 3.21. The van der Waals surface area contributed by atoms with Crippen molar-refractivity contribution in [2.24, 2.45) is 5.92 Å². The number of aromatic nitrogens is 2. The number of H-pyrrole nitrogens is 1. The van der Waals surface area contributed by atoms with Crippen LogP contribution in [0.1, 0.15) is 51.8 Å². The van der Waals surface area contributed by atoms with Gasteiger partial charge in [0.15, 0.2) is 0 Å². The normalized spacial score (nSPS) is 18.1. The lowest BCUT2D eigenvalue weighted by molar-refractivity contribution is -0.139. The zero-order valence-electron chi connectivity index (χ0n) is 18.6. The molecule has 7 nitrogen and oxygen atoms in total. The Bertz CT molecular complexity index is 1090. The van der Waals surface area contributed by atoms with Crippen LogP contribution in [-0.4, -0.2) is 50.5 Å². The summed E-state index contributed by atoms with van der Waals surface area (Å²) >= 11 is 0. The molecule has 1 N–H and O–H groups in total. The molecule has 31 heavy (non-hydrogen) atoms. The van der Waals surface area contributed by atoms with Crippen molar-refractivity contribution < 1.29 is 9.59 Å². The molecule has 2 amide bonds. The highest BCUT2D eigenvalue weighted by Gasteiger charge is 2.45. The molecule has 0 radical (unpaired) electrons. The van der Waals surface area contributed by atoms with E-state index in [1.807, 2.05) is 56.0 Å². The Labute approximate surface area is 182 Å². The van der Waals surface area contributed by atoms with Crippen molar-refractivity contribution >= 4 is 17.4 Å². The van der Waals surface area contributed by atoms with Gasteiger partial charge in [-0.2, -0.15) is 0 Å². The van der Waals surface area contributed by atoms with Crippen molar-refractivity contribution in [1.29, 1.82) is 0 Å². The van der Waals surface area contributed by atoms with Gasteiger partial charge < -0.3 is 4.90 Å². The predicted octanol–water partition coefficient (Wildman–Crippen LogP) is 2.95. The number of rotatable bonds is 5. The Morgan fingerprint density at radius 3 is 2.26 bits per heavy atom. The Balaban J connectivity index is 1.92. The second kappa shape index (κ2) is 8.21. The highest BCUT2D eigenvalue weighted by atomic mass is 16.2. The SMILES string of the molecule is CCc1[nH]n(-c2ccccc2)c(=O)c1C1=C(N2CCC(C)CC2)C(=O)N(C(C)C)C1=O. The third-order valence-electron chi connectivity index (χ3n) is 6.29. The summed E-state index contributed by atoms with van der Waals surface area (Å²) in [6.45, 7) is 9.22.